The molecule has 0 spiro atoms. The normalized spacial score (nSPS) is 11.6. The van der Waals surface area contributed by atoms with Gasteiger partial charge in [-0.15, -0.1) is 0 Å². The number of allylic oxidation sites excluding steroid dienone is 1. The highest BCUT2D eigenvalue weighted by atomic mass is 19.1. The van der Waals surface area contributed by atoms with Crippen LogP contribution in [0.15, 0.2) is 33.5 Å². The smallest absolute Gasteiger partial charge is 0.258 e. The topological polar surface area (TPSA) is 115 Å². The van der Waals surface area contributed by atoms with Gasteiger partial charge in [-0.2, -0.15) is 10.5 Å². The van der Waals surface area contributed by atoms with Crippen molar-refractivity contribution in [2.45, 2.75) is 0 Å². The summed E-state index contributed by atoms with van der Waals surface area (Å²) in [5.41, 5.74) is -0.861. The van der Waals surface area contributed by atoms with Crippen molar-refractivity contribution in [1.82, 2.24) is 0 Å². The summed E-state index contributed by atoms with van der Waals surface area (Å²) in [6, 6.07) is 4.91. The SMILES string of the molecule is N#CC(C#N)=C1N=c2c(F)ccc([N+](=O)[O-])c2=N1. The van der Waals surface area contributed by atoms with Crippen LogP contribution in [0, 0.1) is 38.6 Å². The van der Waals surface area contributed by atoms with Gasteiger partial charge in [0.25, 0.3) is 5.69 Å². The lowest BCUT2D eigenvalue weighted by atomic mass is 10.3. The van der Waals surface area contributed by atoms with Crippen LogP contribution in [0.4, 0.5) is 10.1 Å². The highest BCUT2D eigenvalue weighted by molar-refractivity contribution is 5.42. The first-order valence-corrected chi connectivity index (χ1v) is 4.53. The molecule has 0 N–H and O–H groups in total. The van der Waals surface area contributed by atoms with Crippen molar-refractivity contribution in [3.05, 3.63) is 50.2 Å². The minimum atomic E-state index is -0.801. The zero-order chi connectivity index (χ0) is 13.3. The van der Waals surface area contributed by atoms with E-state index in [1.165, 1.54) is 12.1 Å². The Morgan fingerprint density at radius 2 is 1.89 bits per heavy atom. The number of nitro groups is 1. The van der Waals surface area contributed by atoms with Crippen molar-refractivity contribution < 1.29 is 9.31 Å². The van der Waals surface area contributed by atoms with Gasteiger partial charge in [-0.25, -0.2) is 14.4 Å². The van der Waals surface area contributed by atoms with E-state index in [1.807, 2.05) is 0 Å². The van der Waals surface area contributed by atoms with Gasteiger partial charge in [-0.3, -0.25) is 10.1 Å². The summed E-state index contributed by atoms with van der Waals surface area (Å²) in [4.78, 5) is 17.3. The molecule has 0 unspecified atom stereocenters. The van der Waals surface area contributed by atoms with E-state index < -0.39 is 22.0 Å². The number of fused-ring (bicyclic) bond motifs is 1. The van der Waals surface area contributed by atoms with Crippen LogP contribution in [-0.2, 0) is 0 Å². The van der Waals surface area contributed by atoms with Gasteiger partial charge in [0.05, 0.1) is 4.92 Å². The third-order valence-corrected chi connectivity index (χ3v) is 2.16. The molecular weight excluding hydrogens is 241 g/mol. The molecule has 0 atom stereocenters. The molecule has 1 heterocycles. The third-order valence-electron chi connectivity index (χ3n) is 2.16. The van der Waals surface area contributed by atoms with E-state index >= 15 is 0 Å². The van der Waals surface area contributed by atoms with Crippen LogP contribution in [0.1, 0.15) is 0 Å². The van der Waals surface area contributed by atoms with E-state index in [9.17, 15) is 14.5 Å². The Morgan fingerprint density at radius 3 is 2.44 bits per heavy atom. The number of nitrogens with zero attached hydrogens (tertiary/aromatic N) is 5. The molecule has 1 aliphatic rings. The maximum Gasteiger partial charge on any atom is 0.297 e. The predicted octanol–water partition coefficient (Wildman–Crippen LogP) is 0.245. The highest BCUT2D eigenvalue weighted by Gasteiger charge is 2.20. The molecule has 0 aromatic heterocycles. The molecule has 8 heteroatoms. The van der Waals surface area contributed by atoms with Gasteiger partial charge in [0.15, 0.2) is 22.6 Å². The maximum atomic E-state index is 13.4. The van der Waals surface area contributed by atoms with E-state index in [2.05, 4.69) is 9.98 Å². The summed E-state index contributed by atoms with van der Waals surface area (Å²) in [5.74, 6) is -1.12. The molecule has 86 valence electrons. The molecule has 1 aromatic carbocycles. The lowest BCUT2D eigenvalue weighted by Gasteiger charge is -1.89. The van der Waals surface area contributed by atoms with Crippen LogP contribution in [0.5, 0.6) is 0 Å². The zero-order valence-corrected chi connectivity index (χ0v) is 8.59. The van der Waals surface area contributed by atoms with Crippen LogP contribution in [0.3, 0.4) is 0 Å². The minimum absolute atomic E-state index is 0.280. The number of hydrogen-bond donors (Lipinski definition) is 0. The second kappa shape index (κ2) is 4.03. The first-order valence-electron chi connectivity index (χ1n) is 4.53. The van der Waals surface area contributed by atoms with Crippen LogP contribution in [0.2, 0.25) is 0 Å². The fraction of sp³-hybridized carbons (Fsp3) is 0. The van der Waals surface area contributed by atoms with E-state index in [0.717, 1.165) is 12.1 Å². The van der Waals surface area contributed by atoms with E-state index in [-0.39, 0.29) is 16.5 Å². The lowest BCUT2D eigenvalue weighted by molar-refractivity contribution is -0.386. The van der Waals surface area contributed by atoms with Gasteiger partial charge < -0.3 is 0 Å². The Bertz CT molecular complexity index is 781. The third kappa shape index (κ3) is 1.58. The predicted molar refractivity (Wildman–Crippen MR) is 53.6 cm³/mol. The molecule has 0 aliphatic carbocycles. The molecule has 7 nitrogen and oxygen atoms in total. The van der Waals surface area contributed by atoms with Gasteiger partial charge in [0.1, 0.15) is 17.5 Å². The van der Waals surface area contributed by atoms with Gasteiger partial charge >= 0.3 is 0 Å². The number of hydrogen-bond acceptors (Lipinski definition) is 6. The monoisotopic (exact) mass is 243 g/mol. The van der Waals surface area contributed by atoms with Crippen LogP contribution in [0.25, 0.3) is 0 Å². The Balaban J connectivity index is 2.89. The molecule has 2 rings (SSSR count). The quantitative estimate of drug-likeness (QED) is 0.399. The molecule has 1 aromatic rings. The summed E-state index contributed by atoms with van der Waals surface area (Å²) >= 11 is 0. The van der Waals surface area contributed by atoms with Gasteiger partial charge in [-0.05, 0) is 6.07 Å². The number of benzene rings is 1. The first-order chi connectivity index (χ1) is 8.58. The number of nitro benzene ring substituents is 1. The summed E-state index contributed by atoms with van der Waals surface area (Å²) in [6.07, 6.45) is 0. The largest absolute Gasteiger partial charge is 0.297 e. The summed E-state index contributed by atoms with van der Waals surface area (Å²) in [6.45, 7) is 0. The fourth-order valence-electron chi connectivity index (χ4n) is 1.38. The van der Waals surface area contributed by atoms with Crippen molar-refractivity contribution in [2.75, 3.05) is 0 Å². The van der Waals surface area contributed by atoms with Crippen LogP contribution >= 0.6 is 0 Å². The fourth-order valence-corrected chi connectivity index (χ4v) is 1.38. The number of rotatable bonds is 1. The van der Waals surface area contributed by atoms with E-state index in [1.54, 1.807) is 0 Å². The minimum Gasteiger partial charge on any atom is -0.258 e. The lowest BCUT2D eigenvalue weighted by Crippen LogP contribution is -2.28. The average molecular weight is 243 g/mol. The summed E-state index contributed by atoms with van der Waals surface area (Å²) in [5, 5.41) is 27.4. The Kier molecular flexibility index (Phi) is 2.54. The summed E-state index contributed by atoms with van der Waals surface area (Å²) in [7, 11) is 0. The van der Waals surface area contributed by atoms with Crippen molar-refractivity contribution in [2.24, 2.45) is 9.98 Å². The molecule has 0 saturated carbocycles. The standard InChI is InChI=1S/C10H2FN5O2/c11-6-1-2-7(16(17)18)9-8(6)14-10(15-9)5(3-12)4-13/h1-2H. The molecule has 0 radical (unpaired) electrons. The maximum absolute atomic E-state index is 13.4. The number of non-ortho nitro benzene ring substituents is 1. The zero-order valence-electron chi connectivity index (χ0n) is 8.59. The molecule has 1 aliphatic heterocycles. The second-order valence-corrected chi connectivity index (χ2v) is 3.17. The van der Waals surface area contributed by atoms with E-state index in [4.69, 9.17) is 10.5 Å². The molecule has 0 fully saturated rings. The average Bonchev–Trinajstić information content (AvgIpc) is 2.76. The first kappa shape index (κ1) is 11.4. The molecule has 0 amide bonds. The molecular formula is C10H2FN5O2. The van der Waals surface area contributed by atoms with Crippen LogP contribution < -0.4 is 10.7 Å². The van der Waals surface area contributed by atoms with Crippen molar-refractivity contribution in [1.29, 1.82) is 10.5 Å². The van der Waals surface area contributed by atoms with Crippen molar-refractivity contribution in [3.8, 4) is 12.1 Å². The molecule has 18 heavy (non-hydrogen) atoms. The Labute approximate surface area is 98.6 Å². The van der Waals surface area contributed by atoms with Crippen molar-refractivity contribution >= 4 is 5.69 Å². The number of nitriles is 2. The van der Waals surface area contributed by atoms with Gasteiger partial charge in [0, 0.05) is 6.07 Å². The number of halogens is 1. The molecule has 0 saturated heterocycles. The second-order valence-electron chi connectivity index (χ2n) is 3.17. The van der Waals surface area contributed by atoms with Crippen molar-refractivity contribution in [3.63, 3.8) is 0 Å². The van der Waals surface area contributed by atoms with Gasteiger partial charge in [-0.1, -0.05) is 0 Å². The highest BCUT2D eigenvalue weighted by Crippen LogP contribution is 2.11. The van der Waals surface area contributed by atoms with E-state index in [0.29, 0.717) is 0 Å². The summed E-state index contributed by atoms with van der Waals surface area (Å²) < 4.78 is 13.4. The molecule has 0 bridgehead atoms. The van der Waals surface area contributed by atoms with Crippen LogP contribution in [-0.4, -0.2) is 4.92 Å². The Hall–Kier alpha value is -3.13. The Morgan fingerprint density at radius 1 is 1.28 bits per heavy atom. The van der Waals surface area contributed by atoms with Gasteiger partial charge in [0.2, 0.25) is 0 Å².